The number of morpholine rings is 1. The number of anilines is 2. The van der Waals surface area contributed by atoms with E-state index in [1.807, 2.05) is 48.5 Å². The molecule has 180 valence electrons. The minimum Gasteiger partial charge on any atom is -0.497 e. The van der Waals surface area contributed by atoms with Crippen molar-refractivity contribution in [1.29, 1.82) is 0 Å². The maximum absolute atomic E-state index is 13.1. The number of hydrogen-bond donors (Lipinski definition) is 2. The van der Waals surface area contributed by atoms with Gasteiger partial charge in [0.05, 0.1) is 32.4 Å². The third-order valence-corrected chi connectivity index (χ3v) is 6.08. The molecule has 2 aliphatic rings. The van der Waals surface area contributed by atoms with Crippen LogP contribution in [-0.2, 0) is 27.3 Å². The van der Waals surface area contributed by atoms with Gasteiger partial charge in [-0.2, -0.15) is 0 Å². The zero-order chi connectivity index (χ0) is 24.4. The largest absolute Gasteiger partial charge is 0.497 e. The van der Waals surface area contributed by atoms with Crippen molar-refractivity contribution in [2.45, 2.75) is 26.0 Å². The Labute approximate surface area is 203 Å². The van der Waals surface area contributed by atoms with Gasteiger partial charge >= 0.3 is 0 Å². The number of hydrogen-bond acceptors (Lipinski definition) is 7. The van der Waals surface area contributed by atoms with E-state index < -0.39 is 0 Å². The van der Waals surface area contributed by atoms with Crippen molar-refractivity contribution in [3.8, 4) is 17.0 Å². The summed E-state index contributed by atoms with van der Waals surface area (Å²) < 4.78 is 11.2. The van der Waals surface area contributed by atoms with Gasteiger partial charge in [-0.05, 0) is 29.8 Å². The fraction of sp³-hybridized carbons (Fsp3) is 0.308. The summed E-state index contributed by atoms with van der Waals surface area (Å²) in [7, 11) is 1.63. The topological polar surface area (TPSA) is 106 Å². The third kappa shape index (κ3) is 4.87. The van der Waals surface area contributed by atoms with Gasteiger partial charge in [0.25, 0.3) is 0 Å². The SMILES string of the molecule is COc1ccc(CN2C(=O)Cc3c(-c4ccc(NC(C)=O)cc4)nc(C4CNCCO4)nc32)cc1. The Bertz CT molecular complexity index is 1240. The number of methoxy groups -OCH3 is 1. The third-order valence-electron chi connectivity index (χ3n) is 6.08. The van der Waals surface area contributed by atoms with Crippen molar-refractivity contribution in [3.63, 3.8) is 0 Å². The van der Waals surface area contributed by atoms with E-state index in [-0.39, 0.29) is 24.3 Å². The van der Waals surface area contributed by atoms with Crippen LogP contribution in [0.4, 0.5) is 11.5 Å². The number of aromatic nitrogens is 2. The molecule has 0 radical (unpaired) electrons. The first-order valence-corrected chi connectivity index (χ1v) is 11.6. The molecule has 1 saturated heterocycles. The Morgan fingerprint density at radius 3 is 2.60 bits per heavy atom. The fourth-order valence-electron chi connectivity index (χ4n) is 4.35. The first-order valence-electron chi connectivity index (χ1n) is 11.6. The molecule has 0 aliphatic carbocycles. The molecule has 1 aromatic heterocycles. The van der Waals surface area contributed by atoms with E-state index in [0.29, 0.717) is 42.7 Å². The fourth-order valence-corrected chi connectivity index (χ4v) is 4.35. The minimum absolute atomic E-state index is 0.0268. The van der Waals surface area contributed by atoms with Crippen LogP contribution in [0.2, 0.25) is 0 Å². The van der Waals surface area contributed by atoms with E-state index in [1.54, 1.807) is 12.0 Å². The molecule has 0 bridgehead atoms. The zero-order valence-corrected chi connectivity index (χ0v) is 19.7. The second-order valence-electron chi connectivity index (χ2n) is 8.56. The lowest BCUT2D eigenvalue weighted by Gasteiger charge is -2.24. The highest BCUT2D eigenvalue weighted by atomic mass is 16.5. The normalized spacial score (nSPS) is 17.3. The maximum Gasteiger partial charge on any atom is 0.233 e. The zero-order valence-electron chi connectivity index (χ0n) is 19.7. The van der Waals surface area contributed by atoms with Crippen LogP contribution in [0, 0.1) is 0 Å². The van der Waals surface area contributed by atoms with Gasteiger partial charge in [0.2, 0.25) is 11.8 Å². The van der Waals surface area contributed by atoms with E-state index in [9.17, 15) is 9.59 Å². The van der Waals surface area contributed by atoms with Crippen LogP contribution in [0.5, 0.6) is 5.75 Å². The van der Waals surface area contributed by atoms with E-state index >= 15 is 0 Å². The van der Waals surface area contributed by atoms with E-state index in [4.69, 9.17) is 19.4 Å². The average molecular weight is 474 g/mol. The Morgan fingerprint density at radius 2 is 1.94 bits per heavy atom. The van der Waals surface area contributed by atoms with Crippen molar-refractivity contribution >= 4 is 23.3 Å². The lowest BCUT2D eigenvalue weighted by Crippen LogP contribution is -2.34. The van der Waals surface area contributed by atoms with Gasteiger partial charge in [-0.3, -0.25) is 14.5 Å². The van der Waals surface area contributed by atoms with Gasteiger partial charge in [0, 0.05) is 36.8 Å². The molecule has 0 spiro atoms. The van der Waals surface area contributed by atoms with Crippen LogP contribution in [-0.4, -0.2) is 48.6 Å². The molecule has 1 fully saturated rings. The van der Waals surface area contributed by atoms with Gasteiger partial charge in [0.1, 0.15) is 17.7 Å². The first kappa shape index (κ1) is 22.9. The second-order valence-corrected chi connectivity index (χ2v) is 8.56. The Morgan fingerprint density at radius 1 is 1.17 bits per heavy atom. The van der Waals surface area contributed by atoms with Crippen LogP contribution < -0.4 is 20.3 Å². The molecule has 3 aromatic rings. The van der Waals surface area contributed by atoms with Crippen LogP contribution in [0.15, 0.2) is 48.5 Å². The predicted octanol–water partition coefficient (Wildman–Crippen LogP) is 2.86. The van der Waals surface area contributed by atoms with Gasteiger partial charge in [0.15, 0.2) is 5.82 Å². The molecule has 1 unspecified atom stereocenters. The summed E-state index contributed by atoms with van der Waals surface area (Å²) in [5.74, 6) is 1.77. The molecule has 9 heteroatoms. The highest BCUT2D eigenvalue weighted by Gasteiger charge is 2.34. The lowest BCUT2D eigenvalue weighted by atomic mass is 10.0. The molecular formula is C26H27N5O4. The van der Waals surface area contributed by atoms with Crippen LogP contribution in [0.25, 0.3) is 11.3 Å². The summed E-state index contributed by atoms with van der Waals surface area (Å²) in [4.78, 5) is 36.0. The summed E-state index contributed by atoms with van der Waals surface area (Å²) in [5, 5.41) is 6.10. The molecule has 2 aliphatic heterocycles. The van der Waals surface area contributed by atoms with Crippen LogP contribution in [0.3, 0.4) is 0 Å². The highest BCUT2D eigenvalue weighted by Crippen LogP contribution is 2.37. The molecule has 9 nitrogen and oxygen atoms in total. The standard InChI is InChI=1S/C26H27N5O4/c1-16(32)28-19-7-5-18(6-8-19)24-21-13-23(33)31(15-17-3-9-20(34-2)10-4-17)26(21)30-25(29-24)22-14-27-11-12-35-22/h3-10,22,27H,11-15H2,1-2H3,(H,28,32). The smallest absolute Gasteiger partial charge is 0.233 e. The number of ether oxygens (including phenoxy) is 2. The Hall–Kier alpha value is -3.82. The number of fused-ring (bicyclic) bond motifs is 1. The van der Waals surface area contributed by atoms with E-state index in [2.05, 4.69) is 10.6 Å². The summed E-state index contributed by atoms with van der Waals surface area (Å²) in [6.07, 6.45) is -0.0804. The summed E-state index contributed by atoms with van der Waals surface area (Å²) in [6.45, 7) is 3.82. The molecule has 2 aromatic carbocycles. The van der Waals surface area contributed by atoms with Crippen LogP contribution >= 0.6 is 0 Å². The average Bonchev–Trinajstić information content (AvgIpc) is 3.19. The number of rotatable bonds is 6. The second kappa shape index (κ2) is 9.81. The summed E-state index contributed by atoms with van der Waals surface area (Å²) in [5.41, 5.74) is 4.03. The van der Waals surface area contributed by atoms with Crippen molar-refractivity contribution in [2.24, 2.45) is 0 Å². The van der Waals surface area contributed by atoms with E-state index in [0.717, 1.165) is 29.0 Å². The van der Waals surface area contributed by atoms with E-state index in [1.165, 1.54) is 6.92 Å². The lowest BCUT2D eigenvalue weighted by molar-refractivity contribution is -0.117. The molecule has 5 rings (SSSR count). The van der Waals surface area contributed by atoms with Gasteiger partial charge < -0.3 is 20.1 Å². The quantitative estimate of drug-likeness (QED) is 0.567. The maximum atomic E-state index is 13.1. The van der Waals surface area contributed by atoms with Crippen molar-refractivity contribution in [2.75, 3.05) is 37.0 Å². The number of nitrogens with zero attached hydrogens (tertiary/aromatic N) is 3. The number of carbonyl (C=O) groups is 2. The summed E-state index contributed by atoms with van der Waals surface area (Å²) in [6, 6.07) is 15.1. The number of nitrogens with one attached hydrogen (secondary N) is 2. The Kier molecular flexibility index (Phi) is 6.43. The summed E-state index contributed by atoms with van der Waals surface area (Å²) >= 11 is 0. The molecule has 1 atom stereocenters. The molecule has 35 heavy (non-hydrogen) atoms. The molecule has 0 saturated carbocycles. The monoisotopic (exact) mass is 473 g/mol. The molecule has 3 heterocycles. The minimum atomic E-state index is -0.301. The van der Waals surface area contributed by atoms with Crippen molar-refractivity contribution in [3.05, 3.63) is 65.5 Å². The molecule has 2 N–H and O–H groups in total. The molecule has 2 amide bonds. The number of benzene rings is 2. The first-order chi connectivity index (χ1) is 17.0. The number of amides is 2. The van der Waals surface area contributed by atoms with Crippen molar-refractivity contribution < 1.29 is 19.1 Å². The van der Waals surface area contributed by atoms with Gasteiger partial charge in [-0.15, -0.1) is 0 Å². The van der Waals surface area contributed by atoms with Crippen molar-refractivity contribution in [1.82, 2.24) is 15.3 Å². The predicted molar refractivity (Wildman–Crippen MR) is 131 cm³/mol. The van der Waals surface area contributed by atoms with Gasteiger partial charge in [-0.1, -0.05) is 24.3 Å². The number of carbonyl (C=O) groups excluding carboxylic acids is 2. The van der Waals surface area contributed by atoms with Crippen LogP contribution in [0.1, 0.15) is 30.0 Å². The molecular weight excluding hydrogens is 446 g/mol. The highest BCUT2D eigenvalue weighted by molar-refractivity contribution is 6.02. The Balaban J connectivity index is 1.54. The van der Waals surface area contributed by atoms with Gasteiger partial charge in [-0.25, -0.2) is 9.97 Å².